The van der Waals surface area contributed by atoms with Crippen molar-refractivity contribution in [3.8, 4) is 0 Å². The molecule has 1 aromatic heterocycles. The fraction of sp³-hybridized carbons (Fsp3) is 0.333. The Morgan fingerprint density at radius 2 is 2.14 bits per heavy atom. The molecule has 2 atom stereocenters. The zero-order valence-corrected chi connectivity index (χ0v) is 19.7. The number of hydrogen-bond acceptors (Lipinski definition) is 10. The molecule has 1 aromatic carbocycles. The quantitative estimate of drug-likeness (QED) is 0.430. The lowest BCUT2D eigenvalue weighted by Crippen LogP contribution is -2.50. The second-order valence-electron chi connectivity index (χ2n) is 7.40. The van der Waals surface area contributed by atoms with Crippen LogP contribution in [0.2, 0.25) is 5.02 Å². The molecule has 1 fully saturated rings. The van der Waals surface area contributed by atoms with E-state index >= 15 is 0 Å². The normalized spacial score (nSPS) is 20.7. The van der Waals surface area contributed by atoms with Crippen molar-refractivity contribution in [3.05, 3.63) is 62.2 Å². The highest BCUT2D eigenvalue weighted by Crippen LogP contribution is 2.37. The summed E-state index contributed by atoms with van der Waals surface area (Å²) in [4.78, 5) is 34.5. The van der Waals surface area contributed by atoms with Gasteiger partial charge in [0.05, 0.1) is 25.9 Å². The summed E-state index contributed by atoms with van der Waals surface area (Å²) in [5, 5.41) is 14.2. The third kappa shape index (κ3) is 5.42. The molecule has 14 heteroatoms. The van der Waals surface area contributed by atoms with E-state index in [1.807, 2.05) is 0 Å². The second kappa shape index (κ2) is 10.6. The zero-order valence-electron chi connectivity index (χ0n) is 18.2. The van der Waals surface area contributed by atoms with Gasteiger partial charge in [-0.3, -0.25) is 9.89 Å². The first-order valence-corrected chi connectivity index (χ1v) is 11.5. The van der Waals surface area contributed by atoms with Crippen molar-refractivity contribution in [1.29, 1.82) is 0 Å². The molecule has 0 bridgehead atoms. The van der Waals surface area contributed by atoms with Crippen LogP contribution in [-0.2, 0) is 19.0 Å². The summed E-state index contributed by atoms with van der Waals surface area (Å²) in [5.41, 5.74) is 0.310. The Morgan fingerprint density at radius 1 is 1.37 bits per heavy atom. The first kappa shape index (κ1) is 25.0. The maximum absolute atomic E-state index is 14.2. The molecule has 0 aliphatic carbocycles. The molecule has 2 aliphatic heterocycles. The van der Waals surface area contributed by atoms with Crippen LogP contribution in [0.5, 0.6) is 0 Å². The number of amidine groups is 1. The fourth-order valence-corrected chi connectivity index (χ4v) is 4.56. The van der Waals surface area contributed by atoms with Gasteiger partial charge in [-0.05, 0) is 12.1 Å². The first-order valence-electron chi connectivity index (χ1n) is 10.2. The van der Waals surface area contributed by atoms with E-state index in [9.17, 15) is 18.4 Å². The molecule has 0 radical (unpaired) electrons. The van der Waals surface area contributed by atoms with Gasteiger partial charge >= 0.3 is 12.1 Å². The SMILES string of the molecule is COC(=O)C1=C(CN2CCOC[C@@H]2OC(=O)O)NC(c2nccs2)=N[C@H]1c1cc(F)c(F)cc1Cl. The highest BCUT2D eigenvalue weighted by Gasteiger charge is 2.36. The number of nitrogens with one attached hydrogen (secondary N) is 1. The van der Waals surface area contributed by atoms with Gasteiger partial charge in [0.1, 0.15) is 6.04 Å². The van der Waals surface area contributed by atoms with Crippen molar-refractivity contribution in [2.75, 3.05) is 33.4 Å². The van der Waals surface area contributed by atoms with Crippen LogP contribution in [-0.4, -0.2) is 72.6 Å². The molecule has 0 spiro atoms. The van der Waals surface area contributed by atoms with Crippen molar-refractivity contribution >= 4 is 40.9 Å². The average Bonchev–Trinajstić information content (AvgIpc) is 3.36. The summed E-state index contributed by atoms with van der Waals surface area (Å²) in [5.74, 6) is -2.84. The molecule has 2 N–H and O–H groups in total. The number of aliphatic imine (C=N–C) groups is 1. The lowest BCUT2D eigenvalue weighted by Gasteiger charge is -2.36. The minimum Gasteiger partial charge on any atom is -0.466 e. The topological polar surface area (TPSA) is 123 Å². The van der Waals surface area contributed by atoms with Gasteiger partial charge in [0, 0.05) is 40.9 Å². The monoisotopic (exact) mass is 528 g/mol. The van der Waals surface area contributed by atoms with Crippen LogP contribution < -0.4 is 5.32 Å². The number of halogens is 3. The number of carboxylic acid groups (broad SMARTS) is 1. The van der Waals surface area contributed by atoms with Crippen LogP contribution in [0.15, 0.2) is 40.0 Å². The maximum atomic E-state index is 14.2. The lowest BCUT2D eigenvalue weighted by molar-refractivity contribution is -0.136. The minimum absolute atomic E-state index is 0.00602. The molecule has 0 saturated carbocycles. The van der Waals surface area contributed by atoms with E-state index in [0.29, 0.717) is 11.6 Å². The number of hydrogen-bond donors (Lipinski definition) is 2. The predicted molar refractivity (Wildman–Crippen MR) is 120 cm³/mol. The summed E-state index contributed by atoms with van der Waals surface area (Å²) in [6.07, 6.45) is -0.871. The van der Waals surface area contributed by atoms with Crippen LogP contribution in [0.1, 0.15) is 16.6 Å². The molecule has 0 amide bonds. The van der Waals surface area contributed by atoms with E-state index < -0.39 is 36.0 Å². The third-order valence-corrected chi connectivity index (χ3v) is 6.40. The van der Waals surface area contributed by atoms with Gasteiger partial charge in [-0.15, -0.1) is 11.3 Å². The number of benzene rings is 1. The Balaban J connectivity index is 1.83. The van der Waals surface area contributed by atoms with Crippen LogP contribution in [0.3, 0.4) is 0 Å². The molecule has 3 heterocycles. The van der Waals surface area contributed by atoms with E-state index in [4.69, 9.17) is 30.9 Å². The fourth-order valence-electron chi connectivity index (χ4n) is 3.72. The summed E-state index contributed by atoms with van der Waals surface area (Å²) in [6.45, 7) is 0.566. The first-order chi connectivity index (χ1) is 16.8. The number of aromatic nitrogens is 1. The molecule has 2 aliphatic rings. The second-order valence-corrected chi connectivity index (χ2v) is 8.70. The molecule has 186 valence electrons. The predicted octanol–water partition coefficient (Wildman–Crippen LogP) is 2.95. The van der Waals surface area contributed by atoms with Gasteiger partial charge in [0.25, 0.3) is 0 Å². The van der Waals surface area contributed by atoms with Gasteiger partial charge in [-0.25, -0.2) is 23.4 Å². The van der Waals surface area contributed by atoms with Gasteiger partial charge in [0.15, 0.2) is 28.7 Å². The van der Waals surface area contributed by atoms with Crippen LogP contribution in [0.25, 0.3) is 0 Å². The third-order valence-electron chi connectivity index (χ3n) is 5.29. The molecule has 10 nitrogen and oxygen atoms in total. The van der Waals surface area contributed by atoms with E-state index in [-0.39, 0.29) is 47.4 Å². The van der Waals surface area contributed by atoms with E-state index in [1.54, 1.807) is 16.5 Å². The van der Waals surface area contributed by atoms with Crippen molar-refractivity contribution in [2.45, 2.75) is 12.3 Å². The standard InChI is InChI=1S/C21H19ClF2N4O6S/c1-32-20(29)16-14(8-28-3-4-33-9-15(28)34-21(30)31)26-18(19-25-2-5-35-19)27-17(16)10-6-12(23)13(24)7-11(10)22/h2,5-7,15,17H,3-4,8-9H2,1H3,(H,26,27)(H,30,31)/t15-,17-/m0/s1. The van der Waals surface area contributed by atoms with Crippen LogP contribution >= 0.6 is 22.9 Å². The molecular formula is C21H19ClF2N4O6S. The van der Waals surface area contributed by atoms with Gasteiger partial charge in [-0.2, -0.15) is 0 Å². The van der Waals surface area contributed by atoms with Gasteiger partial charge in [-0.1, -0.05) is 11.6 Å². The number of nitrogens with zero attached hydrogens (tertiary/aromatic N) is 3. The molecule has 1 saturated heterocycles. The summed E-state index contributed by atoms with van der Waals surface area (Å²) in [6, 6.07) is 0.516. The number of ether oxygens (including phenoxy) is 3. The van der Waals surface area contributed by atoms with Crippen LogP contribution in [0.4, 0.5) is 13.6 Å². The molecule has 35 heavy (non-hydrogen) atoms. The van der Waals surface area contributed by atoms with Gasteiger partial charge in [0.2, 0.25) is 0 Å². The summed E-state index contributed by atoms with van der Waals surface area (Å²) >= 11 is 7.51. The van der Waals surface area contributed by atoms with Crippen LogP contribution in [0, 0.1) is 11.6 Å². The smallest absolute Gasteiger partial charge is 0.466 e. The molecular weight excluding hydrogens is 510 g/mol. The van der Waals surface area contributed by atoms with Crippen molar-refractivity contribution in [1.82, 2.24) is 15.2 Å². The highest BCUT2D eigenvalue weighted by molar-refractivity contribution is 7.11. The molecule has 2 aromatic rings. The van der Waals surface area contributed by atoms with Crippen molar-refractivity contribution < 1.29 is 37.7 Å². The number of methoxy groups -OCH3 is 1. The minimum atomic E-state index is -1.49. The number of rotatable bonds is 6. The van der Waals surface area contributed by atoms with E-state index in [0.717, 1.165) is 12.1 Å². The molecule has 4 rings (SSSR count). The van der Waals surface area contributed by atoms with E-state index in [1.165, 1.54) is 18.4 Å². The largest absolute Gasteiger partial charge is 0.507 e. The highest BCUT2D eigenvalue weighted by atomic mass is 35.5. The van der Waals surface area contributed by atoms with Crippen molar-refractivity contribution in [2.24, 2.45) is 4.99 Å². The number of morpholine rings is 1. The summed E-state index contributed by atoms with van der Waals surface area (Å²) < 4.78 is 43.2. The van der Waals surface area contributed by atoms with Gasteiger partial charge < -0.3 is 24.6 Å². The zero-order chi connectivity index (χ0) is 25.1. The maximum Gasteiger partial charge on any atom is 0.507 e. The Labute approximate surface area is 206 Å². The number of carbonyl (C=O) groups excluding carboxylic acids is 1. The Hall–Kier alpha value is -3.13. The number of esters is 1. The van der Waals surface area contributed by atoms with E-state index in [2.05, 4.69) is 15.3 Å². The average molecular weight is 529 g/mol. The summed E-state index contributed by atoms with van der Waals surface area (Å²) in [7, 11) is 1.17. The Morgan fingerprint density at radius 3 is 2.83 bits per heavy atom. The Kier molecular flexibility index (Phi) is 7.60. The Bertz CT molecular complexity index is 1190. The van der Waals surface area contributed by atoms with Crippen molar-refractivity contribution in [3.63, 3.8) is 0 Å². The lowest BCUT2D eigenvalue weighted by atomic mass is 9.95. The molecule has 0 unspecified atom stereocenters. The number of thiazole rings is 1. The number of carbonyl (C=O) groups is 2.